The van der Waals surface area contributed by atoms with Gasteiger partial charge in [-0.2, -0.15) is 0 Å². The van der Waals surface area contributed by atoms with Gasteiger partial charge in [-0.1, -0.05) is 146 Å². The maximum absolute atomic E-state index is 6.81. The lowest BCUT2D eigenvalue weighted by Gasteiger charge is -2.25. The number of para-hydroxylation sites is 1. The van der Waals surface area contributed by atoms with Gasteiger partial charge >= 0.3 is 0 Å². The summed E-state index contributed by atoms with van der Waals surface area (Å²) in [4.78, 5) is 0. The molecule has 1 aliphatic heterocycles. The van der Waals surface area contributed by atoms with Crippen LogP contribution in [-0.2, 0) is 0 Å². The van der Waals surface area contributed by atoms with Crippen LogP contribution in [0.5, 0.6) is 11.5 Å². The van der Waals surface area contributed by atoms with E-state index in [0.29, 0.717) is 0 Å². The van der Waals surface area contributed by atoms with Gasteiger partial charge in [-0.15, -0.1) is 0 Å². The molecule has 1 heteroatoms. The van der Waals surface area contributed by atoms with E-state index in [1.165, 1.54) is 65.7 Å². The van der Waals surface area contributed by atoms with E-state index in [0.717, 1.165) is 22.6 Å². The van der Waals surface area contributed by atoms with Crippen LogP contribution < -0.4 is 4.74 Å². The Labute approximate surface area is 250 Å². The zero-order valence-corrected chi connectivity index (χ0v) is 23.4. The molecule has 1 nitrogen and oxygen atoms in total. The third-order valence-corrected chi connectivity index (χ3v) is 8.84. The summed E-state index contributed by atoms with van der Waals surface area (Å²) in [5, 5.41) is 7.28. The van der Waals surface area contributed by atoms with Crippen LogP contribution in [0.1, 0.15) is 0 Å². The van der Waals surface area contributed by atoms with Gasteiger partial charge in [0.2, 0.25) is 0 Å². The molecule has 0 aromatic heterocycles. The third kappa shape index (κ3) is 3.65. The fourth-order valence-electron chi connectivity index (χ4n) is 7.00. The Morgan fingerprint density at radius 3 is 1.63 bits per heavy atom. The molecule has 0 saturated carbocycles. The van der Waals surface area contributed by atoms with Crippen LogP contribution in [0.2, 0.25) is 0 Å². The maximum Gasteiger partial charge on any atom is 0.143 e. The number of fused-ring (bicyclic) bond motifs is 4. The molecule has 0 radical (unpaired) electrons. The van der Waals surface area contributed by atoms with E-state index in [2.05, 4.69) is 158 Å². The van der Waals surface area contributed by atoms with Crippen molar-refractivity contribution in [3.63, 3.8) is 0 Å². The summed E-state index contributed by atoms with van der Waals surface area (Å²) in [5.74, 6) is 1.83. The summed E-state index contributed by atoms with van der Waals surface area (Å²) >= 11 is 0. The fourth-order valence-corrected chi connectivity index (χ4v) is 7.00. The lowest BCUT2D eigenvalue weighted by molar-refractivity contribution is 0.489. The van der Waals surface area contributed by atoms with E-state index in [9.17, 15) is 0 Å². The highest BCUT2D eigenvalue weighted by atomic mass is 16.5. The van der Waals surface area contributed by atoms with Crippen LogP contribution in [0.4, 0.5) is 0 Å². The molecular weight excluding hydrogens is 520 g/mol. The highest BCUT2D eigenvalue weighted by Crippen LogP contribution is 2.53. The highest BCUT2D eigenvalue weighted by Gasteiger charge is 2.25. The van der Waals surface area contributed by atoms with Gasteiger partial charge in [0.15, 0.2) is 0 Å². The van der Waals surface area contributed by atoms with Gasteiger partial charge in [0.25, 0.3) is 0 Å². The minimum Gasteiger partial charge on any atom is -0.455 e. The largest absolute Gasteiger partial charge is 0.455 e. The molecule has 0 saturated heterocycles. The second-order valence-electron chi connectivity index (χ2n) is 11.2. The lowest BCUT2D eigenvalue weighted by atomic mass is 9.84. The van der Waals surface area contributed by atoms with Gasteiger partial charge in [0.05, 0.1) is 0 Å². The molecule has 200 valence electrons. The smallest absolute Gasteiger partial charge is 0.143 e. The van der Waals surface area contributed by atoms with Gasteiger partial charge in [-0.25, -0.2) is 0 Å². The quantitative estimate of drug-likeness (QED) is 0.200. The summed E-state index contributed by atoms with van der Waals surface area (Å²) < 4.78 is 6.81. The first-order valence-corrected chi connectivity index (χ1v) is 14.8. The van der Waals surface area contributed by atoms with E-state index in [-0.39, 0.29) is 0 Å². The zero-order chi connectivity index (χ0) is 28.3. The Balaban J connectivity index is 1.35. The predicted molar refractivity (Wildman–Crippen MR) is 181 cm³/mol. The Morgan fingerprint density at radius 1 is 0.349 bits per heavy atom. The minimum absolute atomic E-state index is 0.913. The van der Waals surface area contributed by atoms with Gasteiger partial charge < -0.3 is 4.74 Å². The van der Waals surface area contributed by atoms with E-state index in [4.69, 9.17) is 4.74 Å². The molecule has 0 bridgehead atoms. The van der Waals surface area contributed by atoms with Crippen molar-refractivity contribution in [1.29, 1.82) is 0 Å². The van der Waals surface area contributed by atoms with Crippen molar-refractivity contribution in [1.82, 2.24) is 0 Å². The molecular formula is C42H26O. The number of rotatable bonds is 3. The average molecular weight is 547 g/mol. The molecule has 0 unspecified atom stereocenters. The molecule has 8 aromatic carbocycles. The van der Waals surface area contributed by atoms with Gasteiger partial charge in [0.1, 0.15) is 11.5 Å². The molecule has 0 spiro atoms. The Morgan fingerprint density at radius 2 is 0.884 bits per heavy atom. The summed E-state index contributed by atoms with van der Waals surface area (Å²) in [6, 6.07) is 56.7. The highest BCUT2D eigenvalue weighted by molar-refractivity contribution is 6.22. The maximum atomic E-state index is 6.81. The van der Waals surface area contributed by atoms with Crippen molar-refractivity contribution in [2.45, 2.75) is 0 Å². The van der Waals surface area contributed by atoms with Crippen molar-refractivity contribution < 1.29 is 4.74 Å². The second-order valence-corrected chi connectivity index (χ2v) is 11.2. The first-order valence-electron chi connectivity index (χ1n) is 14.8. The second kappa shape index (κ2) is 9.44. The molecule has 8 aromatic rings. The zero-order valence-electron chi connectivity index (χ0n) is 23.4. The molecule has 1 aliphatic rings. The van der Waals surface area contributed by atoms with Crippen molar-refractivity contribution in [3.05, 3.63) is 158 Å². The lowest BCUT2D eigenvalue weighted by Crippen LogP contribution is -2.00. The molecule has 0 amide bonds. The Bertz CT molecular complexity index is 2300. The minimum atomic E-state index is 0.913. The number of ether oxygens (including phenoxy) is 1. The molecule has 0 atom stereocenters. The first-order chi connectivity index (χ1) is 21.3. The van der Waals surface area contributed by atoms with Crippen LogP contribution >= 0.6 is 0 Å². The van der Waals surface area contributed by atoms with Crippen molar-refractivity contribution in [2.24, 2.45) is 0 Å². The van der Waals surface area contributed by atoms with E-state index >= 15 is 0 Å². The summed E-state index contributed by atoms with van der Waals surface area (Å²) in [6.45, 7) is 0. The molecule has 43 heavy (non-hydrogen) atoms. The van der Waals surface area contributed by atoms with Crippen molar-refractivity contribution >= 4 is 32.3 Å². The number of benzene rings is 8. The van der Waals surface area contributed by atoms with Crippen molar-refractivity contribution in [2.75, 3.05) is 0 Å². The monoisotopic (exact) mass is 546 g/mol. The normalized spacial score (nSPS) is 11.9. The van der Waals surface area contributed by atoms with Crippen LogP contribution in [-0.4, -0.2) is 0 Å². The van der Waals surface area contributed by atoms with Crippen LogP contribution in [0, 0.1) is 0 Å². The Hall–Kier alpha value is -5.66. The molecule has 1 heterocycles. The van der Waals surface area contributed by atoms with E-state index in [1.807, 2.05) is 0 Å². The molecule has 0 fully saturated rings. The van der Waals surface area contributed by atoms with Gasteiger partial charge in [-0.05, 0) is 66.9 Å². The number of hydrogen-bond donors (Lipinski definition) is 0. The summed E-state index contributed by atoms with van der Waals surface area (Å²) in [5.41, 5.74) is 9.58. The van der Waals surface area contributed by atoms with Gasteiger partial charge in [-0.3, -0.25) is 0 Å². The van der Waals surface area contributed by atoms with Gasteiger partial charge in [0, 0.05) is 22.1 Å². The standard InChI is InChI=1S/C42H26O/c1-2-12-27(13-3-1)29-16-8-17-30(26-29)39-31-18-4-6-20-33(31)41(34-21-7-5-19-32(34)39)37-24-11-23-36-35-22-9-14-28-15-10-25-38(40(28)35)43-42(36)37/h1-26H. The molecule has 0 N–H and O–H groups in total. The van der Waals surface area contributed by atoms with Crippen molar-refractivity contribution in [3.8, 4) is 56.0 Å². The fraction of sp³-hybridized carbons (Fsp3) is 0. The SMILES string of the molecule is c1ccc(-c2cccc(-c3c4ccccc4c(-c4cccc5c4Oc4cccc6cccc-5c46)c4ccccc34)c2)cc1. The average Bonchev–Trinajstić information content (AvgIpc) is 3.08. The van der Waals surface area contributed by atoms with E-state index in [1.54, 1.807) is 0 Å². The predicted octanol–water partition coefficient (Wildman–Crippen LogP) is 11.9. The van der Waals surface area contributed by atoms with E-state index < -0.39 is 0 Å². The Kier molecular flexibility index (Phi) is 5.27. The van der Waals surface area contributed by atoms with Crippen LogP contribution in [0.3, 0.4) is 0 Å². The number of hydrogen-bond acceptors (Lipinski definition) is 1. The van der Waals surface area contributed by atoms with Crippen LogP contribution in [0.25, 0.3) is 76.8 Å². The van der Waals surface area contributed by atoms with Crippen LogP contribution in [0.15, 0.2) is 158 Å². The first kappa shape index (κ1) is 24.0. The molecule has 9 rings (SSSR count). The third-order valence-electron chi connectivity index (χ3n) is 8.84. The topological polar surface area (TPSA) is 9.23 Å². The molecule has 0 aliphatic carbocycles. The summed E-state index contributed by atoms with van der Waals surface area (Å²) in [6.07, 6.45) is 0. The summed E-state index contributed by atoms with van der Waals surface area (Å²) in [7, 11) is 0.